The molecule has 0 aliphatic heterocycles. The van der Waals surface area contributed by atoms with Crippen LogP contribution in [0.2, 0.25) is 0 Å². The van der Waals surface area contributed by atoms with Crippen molar-refractivity contribution < 1.29 is 4.79 Å². The van der Waals surface area contributed by atoms with E-state index >= 15 is 0 Å². The van der Waals surface area contributed by atoms with Gasteiger partial charge in [0, 0.05) is 17.8 Å². The zero-order valence-corrected chi connectivity index (χ0v) is 11.0. The Labute approximate surface area is 103 Å². The molecule has 1 N–H and O–H groups in total. The van der Waals surface area contributed by atoms with Gasteiger partial charge in [0.15, 0.2) is 0 Å². The normalized spacial score (nSPS) is 36.1. The molecule has 16 heavy (non-hydrogen) atoms. The third-order valence-electron chi connectivity index (χ3n) is 4.54. The number of amides is 1. The number of halogens is 1. The second-order valence-corrected chi connectivity index (χ2v) is 6.02. The van der Waals surface area contributed by atoms with Crippen molar-refractivity contribution in [3.63, 3.8) is 0 Å². The molecule has 3 heteroatoms. The minimum absolute atomic E-state index is 0.198. The van der Waals surface area contributed by atoms with Gasteiger partial charge in [-0.3, -0.25) is 4.79 Å². The summed E-state index contributed by atoms with van der Waals surface area (Å²) in [7, 11) is 0. The van der Waals surface area contributed by atoms with Crippen LogP contribution in [-0.4, -0.2) is 17.8 Å². The van der Waals surface area contributed by atoms with Crippen molar-refractivity contribution in [2.24, 2.45) is 23.7 Å². The van der Waals surface area contributed by atoms with E-state index in [9.17, 15) is 4.79 Å². The van der Waals surface area contributed by atoms with E-state index in [4.69, 9.17) is 11.6 Å². The van der Waals surface area contributed by atoms with Crippen LogP contribution in [0.5, 0.6) is 0 Å². The van der Waals surface area contributed by atoms with Gasteiger partial charge in [-0.05, 0) is 43.9 Å². The smallest absolute Gasteiger partial charge is 0.223 e. The Kier molecular flexibility index (Phi) is 3.78. The molecule has 2 aliphatic rings. The van der Waals surface area contributed by atoms with Crippen LogP contribution in [0.4, 0.5) is 0 Å². The van der Waals surface area contributed by atoms with E-state index in [2.05, 4.69) is 19.2 Å². The summed E-state index contributed by atoms with van der Waals surface area (Å²) in [6, 6.07) is 0.198. The Bertz CT molecular complexity index is 269. The standard InChI is InChI=1S/C13H22ClNO/c1-8(7-14)9(2)15-13(16)12-6-10-3-4-11(12)5-10/h8-12H,3-7H2,1-2H3,(H,15,16). The van der Waals surface area contributed by atoms with Gasteiger partial charge in [-0.25, -0.2) is 0 Å². The van der Waals surface area contributed by atoms with Gasteiger partial charge in [0.1, 0.15) is 0 Å². The first-order valence-corrected chi connectivity index (χ1v) is 7.01. The van der Waals surface area contributed by atoms with Crippen molar-refractivity contribution in [3.05, 3.63) is 0 Å². The Hall–Kier alpha value is -0.240. The zero-order valence-electron chi connectivity index (χ0n) is 10.2. The van der Waals surface area contributed by atoms with Crippen LogP contribution in [0, 0.1) is 23.7 Å². The largest absolute Gasteiger partial charge is 0.353 e. The molecule has 2 nitrogen and oxygen atoms in total. The molecule has 0 aromatic heterocycles. The molecule has 5 atom stereocenters. The van der Waals surface area contributed by atoms with Crippen LogP contribution in [-0.2, 0) is 4.79 Å². The van der Waals surface area contributed by atoms with Crippen molar-refractivity contribution in [2.75, 3.05) is 5.88 Å². The molecule has 2 rings (SSSR count). The fourth-order valence-corrected chi connectivity index (χ4v) is 3.44. The lowest BCUT2D eigenvalue weighted by Crippen LogP contribution is -2.42. The number of carbonyl (C=O) groups excluding carboxylic acids is 1. The molecule has 0 saturated heterocycles. The van der Waals surface area contributed by atoms with Crippen LogP contribution < -0.4 is 5.32 Å². The molecule has 2 fully saturated rings. The Morgan fingerprint density at radius 2 is 2.12 bits per heavy atom. The highest BCUT2D eigenvalue weighted by Gasteiger charge is 2.43. The minimum Gasteiger partial charge on any atom is -0.353 e. The van der Waals surface area contributed by atoms with Crippen molar-refractivity contribution >= 4 is 17.5 Å². The first-order valence-electron chi connectivity index (χ1n) is 6.48. The summed E-state index contributed by atoms with van der Waals surface area (Å²) in [5.74, 6) is 3.03. The highest BCUT2D eigenvalue weighted by molar-refractivity contribution is 6.18. The van der Waals surface area contributed by atoms with Gasteiger partial charge in [0.25, 0.3) is 0 Å². The number of hydrogen-bond donors (Lipinski definition) is 1. The zero-order chi connectivity index (χ0) is 11.7. The van der Waals surface area contributed by atoms with E-state index in [0.29, 0.717) is 23.6 Å². The molecule has 5 unspecified atom stereocenters. The number of carbonyl (C=O) groups is 1. The molecule has 0 aromatic carbocycles. The molecule has 0 aromatic rings. The maximum absolute atomic E-state index is 12.1. The van der Waals surface area contributed by atoms with Crippen LogP contribution in [0.3, 0.4) is 0 Å². The Balaban J connectivity index is 1.84. The van der Waals surface area contributed by atoms with Gasteiger partial charge in [-0.1, -0.05) is 13.3 Å². The third-order valence-corrected chi connectivity index (χ3v) is 5.03. The van der Waals surface area contributed by atoms with Crippen LogP contribution in [0.15, 0.2) is 0 Å². The molecule has 2 saturated carbocycles. The molecule has 1 amide bonds. The number of alkyl halides is 1. The van der Waals surface area contributed by atoms with Crippen molar-refractivity contribution in [2.45, 2.75) is 45.6 Å². The highest BCUT2D eigenvalue weighted by Crippen LogP contribution is 2.48. The molecule has 92 valence electrons. The Morgan fingerprint density at radius 1 is 1.38 bits per heavy atom. The summed E-state index contributed by atoms with van der Waals surface area (Å²) < 4.78 is 0. The van der Waals surface area contributed by atoms with Crippen molar-refractivity contribution in [3.8, 4) is 0 Å². The molecule has 2 aliphatic carbocycles. The summed E-state index contributed by atoms with van der Waals surface area (Å²) in [5, 5.41) is 3.13. The lowest BCUT2D eigenvalue weighted by molar-refractivity contribution is -0.127. The summed E-state index contributed by atoms with van der Waals surface area (Å²) in [6.07, 6.45) is 5.03. The van der Waals surface area contributed by atoms with Crippen molar-refractivity contribution in [1.82, 2.24) is 5.32 Å². The van der Waals surface area contributed by atoms with E-state index in [0.717, 1.165) is 12.3 Å². The van der Waals surface area contributed by atoms with E-state index in [1.165, 1.54) is 19.3 Å². The van der Waals surface area contributed by atoms with Gasteiger partial charge < -0.3 is 5.32 Å². The lowest BCUT2D eigenvalue weighted by atomic mass is 9.88. The van der Waals surface area contributed by atoms with E-state index in [-0.39, 0.29) is 11.9 Å². The molecular formula is C13H22ClNO. The number of nitrogens with one attached hydrogen (secondary N) is 1. The van der Waals surface area contributed by atoms with Gasteiger partial charge in [0.05, 0.1) is 0 Å². The number of rotatable bonds is 4. The second-order valence-electron chi connectivity index (χ2n) is 5.71. The average molecular weight is 244 g/mol. The molecule has 2 bridgehead atoms. The minimum atomic E-state index is 0.198. The number of fused-ring (bicyclic) bond motifs is 2. The van der Waals surface area contributed by atoms with E-state index in [1.54, 1.807) is 0 Å². The summed E-state index contributed by atoms with van der Waals surface area (Å²) in [4.78, 5) is 12.1. The first kappa shape index (κ1) is 12.2. The second kappa shape index (κ2) is 4.95. The molecule has 0 heterocycles. The average Bonchev–Trinajstić information content (AvgIpc) is 2.89. The first-order chi connectivity index (χ1) is 7.61. The van der Waals surface area contributed by atoms with Crippen LogP contribution >= 0.6 is 11.6 Å². The van der Waals surface area contributed by atoms with Crippen LogP contribution in [0.25, 0.3) is 0 Å². The van der Waals surface area contributed by atoms with Gasteiger partial charge in [-0.15, -0.1) is 11.6 Å². The van der Waals surface area contributed by atoms with E-state index < -0.39 is 0 Å². The predicted octanol–water partition coefficient (Wildman–Crippen LogP) is 2.80. The maximum Gasteiger partial charge on any atom is 0.223 e. The van der Waals surface area contributed by atoms with Gasteiger partial charge >= 0.3 is 0 Å². The fourth-order valence-electron chi connectivity index (χ4n) is 3.17. The third kappa shape index (κ3) is 2.37. The summed E-state index contributed by atoms with van der Waals surface area (Å²) in [5.41, 5.74) is 0. The molecular weight excluding hydrogens is 222 g/mol. The highest BCUT2D eigenvalue weighted by atomic mass is 35.5. The molecule has 0 spiro atoms. The summed E-state index contributed by atoms with van der Waals surface area (Å²) in [6.45, 7) is 4.14. The number of hydrogen-bond acceptors (Lipinski definition) is 1. The van der Waals surface area contributed by atoms with Gasteiger partial charge in [-0.2, -0.15) is 0 Å². The predicted molar refractivity (Wildman–Crippen MR) is 66.4 cm³/mol. The monoisotopic (exact) mass is 243 g/mol. The van der Waals surface area contributed by atoms with Crippen molar-refractivity contribution in [1.29, 1.82) is 0 Å². The SMILES string of the molecule is CC(CCl)C(C)NC(=O)C1CC2CCC1C2. The summed E-state index contributed by atoms with van der Waals surface area (Å²) >= 11 is 5.80. The Morgan fingerprint density at radius 3 is 2.62 bits per heavy atom. The fraction of sp³-hybridized carbons (Fsp3) is 0.923. The molecule has 0 radical (unpaired) electrons. The van der Waals surface area contributed by atoms with Gasteiger partial charge in [0.2, 0.25) is 5.91 Å². The maximum atomic E-state index is 12.1. The quantitative estimate of drug-likeness (QED) is 0.756. The van der Waals surface area contributed by atoms with Crippen LogP contribution in [0.1, 0.15) is 39.5 Å². The lowest BCUT2D eigenvalue weighted by Gasteiger charge is -2.25. The van der Waals surface area contributed by atoms with E-state index in [1.807, 2.05) is 0 Å². The topological polar surface area (TPSA) is 29.1 Å².